The lowest BCUT2D eigenvalue weighted by atomic mass is 10.2. The van der Waals surface area contributed by atoms with Crippen LogP contribution in [0.25, 0.3) is 0 Å². The SMILES string of the molecule is CNC(c1ccc([N+](=O)[O-])o1)c1ccc(Cl)s1. The molecule has 0 saturated carbocycles. The summed E-state index contributed by atoms with van der Waals surface area (Å²) in [7, 11) is 1.76. The summed E-state index contributed by atoms with van der Waals surface area (Å²) in [6.45, 7) is 0. The summed E-state index contributed by atoms with van der Waals surface area (Å²) in [4.78, 5) is 10.9. The first-order valence-electron chi connectivity index (χ1n) is 4.78. The lowest BCUT2D eigenvalue weighted by Crippen LogP contribution is -2.15. The standard InChI is InChI=1S/C10H9ClN2O3S/c1-12-10(7-3-4-8(11)17-7)6-2-5-9(16-6)13(14)15/h2-5,10,12H,1H3. The second-order valence-corrected chi connectivity index (χ2v) is 5.04. The zero-order valence-electron chi connectivity index (χ0n) is 8.84. The molecule has 5 nitrogen and oxygen atoms in total. The number of hydrogen-bond acceptors (Lipinski definition) is 5. The van der Waals surface area contributed by atoms with E-state index in [0.717, 1.165) is 4.88 Å². The van der Waals surface area contributed by atoms with Crippen LogP contribution in [0.1, 0.15) is 16.7 Å². The number of nitro groups is 1. The zero-order chi connectivity index (χ0) is 12.4. The molecular weight excluding hydrogens is 264 g/mol. The molecule has 0 amide bonds. The molecule has 2 aromatic heterocycles. The lowest BCUT2D eigenvalue weighted by Gasteiger charge is -2.10. The summed E-state index contributed by atoms with van der Waals surface area (Å²) in [5.41, 5.74) is 0. The van der Waals surface area contributed by atoms with E-state index in [0.29, 0.717) is 10.1 Å². The van der Waals surface area contributed by atoms with E-state index in [1.54, 1.807) is 19.2 Å². The van der Waals surface area contributed by atoms with Gasteiger partial charge in [0.05, 0.1) is 10.4 Å². The van der Waals surface area contributed by atoms with E-state index in [1.807, 2.05) is 6.07 Å². The van der Waals surface area contributed by atoms with Crippen molar-refractivity contribution in [2.75, 3.05) is 7.05 Å². The van der Waals surface area contributed by atoms with Crippen molar-refractivity contribution in [1.82, 2.24) is 5.32 Å². The van der Waals surface area contributed by atoms with Gasteiger partial charge in [-0.25, -0.2) is 0 Å². The highest BCUT2D eigenvalue weighted by atomic mass is 35.5. The zero-order valence-corrected chi connectivity index (χ0v) is 10.4. The lowest BCUT2D eigenvalue weighted by molar-refractivity contribution is -0.402. The third kappa shape index (κ3) is 2.49. The molecule has 0 saturated heterocycles. The number of furan rings is 1. The van der Waals surface area contributed by atoms with Crippen LogP contribution in [0.3, 0.4) is 0 Å². The van der Waals surface area contributed by atoms with Crippen LogP contribution in [0.5, 0.6) is 0 Å². The van der Waals surface area contributed by atoms with Crippen LogP contribution >= 0.6 is 22.9 Å². The quantitative estimate of drug-likeness (QED) is 0.685. The first-order chi connectivity index (χ1) is 8.11. The average Bonchev–Trinajstić information content (AvgIpc) is 2.89. The highest BCUT2D eigenvalue weighted by Crippen LogP contribution is 2.32. The van der Waals surface area contributed by atoms with Crippen LogP contribution in [0, 0.1) is 10.1 Å². The second kappa shape index (κ2) is 4.87. The van der Waals surface area contributed by atoms with Crippen LogP contribution in [0.4, 0.5) is 5.88 Å². The summed E-state index contributed by atoms with van der Waals surface area (Å²) in [6.07, 6.45) is 0. The van der Waals surface area contributed by atoms with E-state index >= 15 is 0 Å². The Morgan fingerprint density at radius 3 is 2.71 bits per heavy atom. The number of nitrogens with zero attached hydrogens (tertiary/aromatic N) is 1. The summed E-state index contributed by atoms with van der Waals surface area (Å²) < 4.78 is 5.83. The first kappa shape index (κ1) is 12.1. The number of rotatable bonds is 4. The van der Waals surface area contributed by atoms with E-state index in [-0.39, 0.29) is 11.9 Å². The first-order valence-corrected chi connectivity index (χ1v) is 5.98. The molecule has 1 N–H and O–H groups in total. The van der Waals surface area contributed by atoms with Crippen molar-refractivity contribution in [2.45, 2.75) is 6.04 Å². The van der Waals surface area contributed by atoms with Gasteiger partial charge >= 0.3 is 5.88 Å². The monoisotopic (exact) mass is 272 g/mol. The van der Waals surface area contributed by atoms with Gasteiger partial charge in [-0.05, 0) is 25.2 Å². The van der Waals surface area contributed by atoms with Gasteiger partial charge in [0, 0.05) is 4.88 Å². The molecule has 1 unspecified atom stereocenters. The summed E-state index contributed by atoms with van der Waals surface area (Å²) in [5, 5.41) is 13.6. The van der Waals surface area contributed by atoms with Gasteiger partial charge in [-0.2, -0.15) is 0 Å². The molecule has 0 aliphatic carbocycles. The Balaban J connectivity index is 2.31. The van der Waals surface area contributed by atoms with Crippen LogP contribution in [-0.2, 0) is 0 Å². The minimum Gasteiger partial charge on any atom is -0.404 e. The molecular formula is C10H9ClN2O3S. The molecule has 0 spiro atoms. The molecule has 0 aliphatic rings. The predicted molar refractivity (Wildman–Crippen MR) is 65.6 cm³/mol. The summed E-state index contributed by atoms with van der Waals surface area (Å²) >= 11 is 7.26. The molecule has 0 aliphatic heterocycles. The van der Waals surface area contributed by atoms with Gasteiger partial charge in [0.1, 0.15) is 16.7 Å². The number of thiophene rings is 1. The number of halogens is 1. The Morgan fingerprint density at radius 2 is 2.24 bits per heavy atom. The molecule has 1 atom stereocenters. The van der Waals surface area contributed by atoms with Crippen molar-refractivity contribution < 1.29 is 9.34 Å². The topological polar surface area (TPSA) is 68.3 Å². The maximum atomic E-state index is 10.5. The van der Waals surface area contributed by atoms with Gasteiger partial charge in [0.15, 0.2) is 0 Å². The summed E-state index contributed by atoms with van der Waals surface area (Å²) in [5.74, 6) is 0.237. The van der Waals surface area contributed by atoms with E-state index in [9.17, 15) is 10.1 Å². The fourth-order valence-corrected chi connectivity index (χ4v) is 2.68. The Bertz CT molecular complexity index is 537. The molecule has 2 heterocycles. The van der Waals surface area contributed by atoms with Gasteiger partial charge in [-0.3, -0.25) is 10.1 Å². The Kier molecular flexibility index (Phi) is 3.46. The Morgan fingerprint density at radius 1 is 1.47 bits per heavy atom. The van der Waals surface area contributed by atoms with Crippen LogP contribution in [-0.4, -0.2) is 12.0 Å². The highest BCUT2D eigenvalue weighted by Gasteiger charge is 2.21. The van der Waals surface area contributed by atoms with Gasteiger partial charge in [-0.1, -0.05) is 11.6 Å². The van der Waals surface area contributed by atoms with Gasteiger partial charge in [0.25, 0.3) is 0 Å². The molecule has 7 heteroatoms. The predicted octanol–water partition coefficient (Wildman–Crippen LogP) is 3.21. The molecule has 2 rings (SSSR count). The highest BCUT2D eigenvalue weighted by molar-refractivity contribution is 7.16. The Hall–Kier alpha value is -1.37. The van der Waals surface area contributed by atoms with Crippen LogP contribution in [0.2, 0.25) is 4.34 Å². The minimum absolute atomic E-state index is 0.221. The molecule has 17 heavy (non-hydrogen) atoms. The van der Waals surface area contributed by atoms with Gasteiger partial charge in [0.2, 0.25) is 0 Å². The van der Waals surface area contributed by atoms with E-state index in [2.05, 4.69) is 5.32 Å². The van der Waals surface area contributed by atoms with Crippen LogP contribution < -0.4 is 5.32 Å². The van der Waals surface area contributed by atoms with Crippen molar-refractivity contribution >= 4 is 28.8 Å². The fraction of sp³-hybridized carbons (Fsp3) is 0.200. The second-order valence-electron chi connectivity index (χ2n) is 3.30. The smallest absolute Gasteiger partial charge is 0.404 e. The van der Waals surface area contributed by atoms with Crippen LogP contribution in [0.15, 0.2) is 28.7 Å². The van der Waals surface area contributed by atoms with Crippen molar-refractivity contribution in [3.8, 4) is 0 Å². The van der Waals surface area contributed by atoms with Gasteiger partial charge in [-0.15, -0.1) is 11.3 Å². The van der Waals surface area contributed by atoms with E-state index < -0.39 is 4.92 Å². The number of nitrogens with one attached hydrogen (secondary N) is 1. The molecule has 0 radical (unpaired) electrons. The van der Waals surface area contributed by atoms with Crippen molar-refractivity contribution in [1.29, 1.82) is 0 Å². The maximum Gasteiger partial charge on any atom is 0.433 e. The minimum atomic E-state index is -0.558. The molecule has 0 bridgehead atoms. The molecule has 2 aromatic rings. The maximum absolute atomic E-state index is 10.5. The van der Waals surface area contributed by atoms with Gasteiger partial charge < -0.3 is 9.73 Å². The molecule has 0 aromatic carbocycles. The molecule has 0 fully saturated rings. The third-order valence-electron chi connectivity index (χ3n) is 2.24. The fourth-order valence-electron chi connectivity index (χ4n) is 1.50. The van der Waals surface area contributed by atoms with Crippen molar-refractivity contribution in [2.24, 2.45) is 0 Å². The van der Waals surface area contributed by atoms with Crippen molar-refractivity contribution in [3.63, 3.8) is 0 Å². The Labute approximate surface area is 106 Å². The number of hydrogen-bond donors (Lipinski definition) is 1. The average molecular weight is 273 g/mol. The summed E-state index contributed by atoms with van der Waals surface area (Å²) in [6, 6.07) is 6.36. The largest absolute Gasteiger partial charge is 0.433 e. The van der Waals surface area contributed by atoms with Crippen molar-refractivity contribution in [3.05, 3.63) is 49.4 Å². The van der Waals surface area contributed by atoms with E-state index in [4.69, 9.17) is 16.0 Å². The normalized spacial score (nSPS) is 12.6. The van der Waals surface area contributed by atoms with E-state index in [1.165, 1.54) is 17.4 Å². The molecule has 90 valence electrons. The third-order valence-corrected chi connectivity index (χ3v) is 3.54.